The predicted octanol–water partition coefficient (Wildman–Crippen LogP) is 4.12. The van der Waals surface area contributed by atoms with Crippen molar-refractivity contribution < 1.29 is 18.1 Å². The number of alkyl halides is 3. The second kappa shape index (κ2) is 5.92. The number of benzene rings is 1. The number of rotatable bonds is 4. The van der Waals surface area contributed by atoms with Crippen LogP contribution in [0.4, 0.5) is 24.5 Å². The Bertz CT molecular complexity index is 669. The summed E-state index contributed by atoms with van der Waals surface area (Å²) in [6.07, 6.45) is -3.21. The molecule has 5 nitrogen and oxygen atoms in total. The van der Waals surface area contributed by atoms with Crippen molar-refractivity contribution in [2.75, 3.05) is 5.43 Å². The van der Waals surface area contributed by atoms with Crippen molar-refractivity contribution in [1.82, 2.24) is 0 Å². The lowest BCUT2D eigenvalue weighted by molar-refractivity contribution is -0.384. The molecule has 0 unspecified atom stereocenters. The molecule has 0 spiro atoms. The molecule has 0 aliphatic carbocycles. The predicted molar refractivity (Wildman–Crippen MR) is 73.6 cm³/mol. The zero-order chi connectivity index (χ0) is 15.5. The van der Waals surface area contributed by atoms with E-state index in [2.05, 4.69) is 10.5 Å². The van der Waals surface area contributed by atoms with Crippen molar-refractivity contribution in [3.63, 3.8) is 0 Å². The summed E-state index contributed by atoms with van der Waals surface area (Å²) in [7, 11) is 0. The van der Waals surface area contributed by atoms with Crippen LogP contribution in [0.2, 0.25) is 0 Å². The van der Waals surface area contributed by atoms with Crippen molar-refractivity contribution in [3.8, 4) is 0 Å². The van der Waals surface area contributed by atoms with Crippen LogP contribution in [-0.2, 0) is 6.18 Å². The minimum absolute atomic E-state index is 0.110. The van der Waals surface area contributed by atoms with Gasteiger partial charge in [0.2, 0.25) is 0 Å². The molecule has 0 saturated heterocycles. The Balaban J connectivity index is 2.25. The molecule has 0 fully saturated rings. The highest BCUT2D eigenvalue weighted by Gasteiger charge is 2.33. The number of thiophene rings is 1. The quantitative estimate of drug-likeness (QED) is 0.524. The third kappa shape index (κ3) is 3.78. The van der Waals surface area contributed by atoms with E-state index in [-0.39, 0.29) is 5.69 Å². The number of hydrogen-bond acceptors (Lipinski definition) is 5. The summed E-state index contributed by atoms with van der Waals surface area (Å²) >= 11 is 1.40. The maximum absolute atomic E-state index is 12.5. The smallest absolute Gasteiger partial charge is 0.272 e. The first kappa shape index (κ1) is 15.0. The highest BCUT2D eigenvalue weighted by Crippen LogP contribution is 2.34. The maximum Gasteiger partial charge on any atom is 0.416 e. The molecule has 0 bridgehead atoms. The van der Waals surface area contributed by atoms with Gasteiger partial charge < -0.3 is 0 Å². The number of nitrogens with zero attached hydrogens (tertiary/aromatic N) is 2. The van der Waals surface area contributed by atoms with Crippen LogP contribution in [0.5, 0.6) is 0 Å². The van der Waals surface area contributed by atoms with Gasteiger partial charge in [0, 0.05) is 10.9 Å². The third-order valence-corrected chi connectivity index (χ3v) is 3.25. The van der Waals surface area contributed by atoms with Gasteiger partial charge in [0.15, 0.2) is 0 Å². The van der Waals surface area contributed by atoms with Crippen LogP contribution in [0.3, 0.4) is 0 Å². The Morgan fingerprint density at radius 2 is 2.10 bits per heavy atom. The van der Waals surface area contributed by atoms with Gasteiger partial charge in [-0.15, -0.1) is 11.3 Å². The molecule has 2 aromatic rings. The van der Waals surface area contributed by atoms with Crippen molar-refractivity contribution in [2.24, 2.45) is 5.10 Å². The maximum atomic E-state index is 12.5. The van der Waals surface area contributed by atoms with Gasteiger partial charge in [-0.25, -0.2) is 0 Å². The van der Waals surface area contributed by atoms with Crippen LogP contribution in [-0.4, -0.2) is 11.1 Å². The van der Waals surface area contributed by atoms with Crippen molar-refractivity contribution >= 4 is 28.9 Å². The summed E-state index contributed by atoms with van der Waals surface area (Å²) in [5.41, 5.74) is 0.500. The number of hydrazone groups is 1. The fraction of sp³-hybridized carbons (Fsp3) is 0.0833. The van der Waals surface area contributed by atoms with E-state index in [0.717, 1.165) is 17.0 Å². The Morgan fingerprint density at radius 1 is 1.33 bits per heavy atom. The Kier molecular flexibility index (Phi) is 4.22. The second-order valence-electron chi connectivity index (χ2n) is 3.87. The topological polar surface area (TPSA) is 67.5 Å². The Morgan fingerprint density at radius 3 is 2.67 bits per heavy atom. The molecule has 0 aliphatic heterocycles. The summed E-state index contributed by atoms with van der Waals surface area (Å²) in [4.78, 5) is 10.8. The standard InChI is InChI=1S/C12H8F3N3O2S/c13-12(14,15)8-3-4-10(11(6-8)18(19)20)17-16-7-9-2-1-5-21-9/h1-7,17H. The number of nitro benzene ring substituents is 1. The van der Waals surface area contributed by atoms with E-state index in [0.29, 0.717) is 6.07 Å². The molecule has 1 N–H and O–H groups in total. The van der Waals surface area contributed by atoms with E-state index in [1.165, 1.54) is 17.6 Å². The molecule has 2 rings (SSSR count). The number of hydrogen-bond donors (Lipinski definition) is 1. The molecule has 0 amide bonds. The molecule has 1 aromatic heterocycles. The monoisotopic (exact) mass is 315 g/mol. The minimum Gasteiger partial charge on any atom is -0.272 e. The summed E-state index contributed by atoms with van der Waals surface area (Å²) in [6, 6.07) is 5.79. The minimum atomic E-state index is -4.64. The molecule has 1 heterocycles. The first-order valence-corrected chi connectivity index (χ1v) is 6.44. The SMILES string of the molecule is O=[N+]([O-])c1cc(C(F)(F)F)ccc1NN=Cc1cccs1. The average molecular weight is 315 g/mol. The number of anilines is 1. The largest absolute Gasteiger partial charge is 0.416 e. The summed E-state index contributed by atoms with van der Waals surface area (Å²) in [5.74, 6) is 0. The summed E-state index contributed by atoms with van der Waals surface area (Å²) in [6.45, 7) is 0. The zero-order valence-electron chi connectivity index (χ0n) is 10.3. The van der Waals surface area contributed by atoms with E-state index in [9.17, 15) is 23.3 Å². The van der Waals surface area contributed by atoms with Crippen LogP contribution < -0.4 is 5.43 Å². The Hall–Kier alpha value is -2.42. The normalized spacial score (nSPS) is 11.8. The summed E-state index contributed by atoms with van der Waals surface area (Å²) < 4.78 is 37.6. The van der Waals surface area contributed by atoms with E-state index in [1.807, 2.05) is 5.38 Å². The highest BCUT2D eigenvalue weighted by atomic mass is 32.1. The van der Waals surface area contributed by atoms with Gasteiger partial charge >= 0.3 is 6.18 Å². The molecule has 0 aliphatic rings. The van der Waals surface area contributed by atoms with Gasteiger partial charge in [-0.3, -0.25) is 15.5 Å². The van der Waals surface area contributed by atoms with E-state index < -0.39 is 22.4 Å². The van der Waals surface area contributed by atoms with Gasteiger partial charge in [-0.1, -0.05) is 6.07 Å². The fourth-order valence-electron chi connectivity index (χ4n) is 1.48. The van der Waals surface area contributed by atoms with Crippen molar-refractivity contribution in [1.29, 1.82) is 0 Å². The van der Waals surface area contributed by atoms with Crippen LogP contribution in [0.25, 0.3) is 0 Å². The number of halogens is 3. The highest BCUT2D eigenvalue weighted by molar-refractivity contribution is 7.11. The number of nitro groups is 1. The molecular formula is C12H8F3N3O2S. The molecular weight excluding hydrogens is 307 g/mol. The summed E-state index contributed by atoms with van der Waals surface area (Å²) in [5, 5.41) is 16.4. The fourth-order valence-corrected chi connectivity index (χ4v) is 2.07. The van der Waals surface area contributed by atoms with Crippen molar-refractivity contribution in [2.45, 2.75) is 6.18 Å². The van der Waals surface area contributed by atoms with Crippen LogP contribution >= 0.6 is 11.3 Å². The molecule has 110 valence electrons. The molecule has 9 heteroatoms. The zero-order valence-corrected chi connectivity index (χ0v) is 11.1. The average Bonchev–Trinajstić information content (AvgIpc) is 2.90. The molecule has 0 atom stereocenters. The van der Waals surface area contributed by atoms with Crippen molar-refractivity contribution in [3.05, 3.63) is 56.3 Å². The van der Waals surface area contributed by atoms with Gasteiger partial charge in [0.05, 0.1) is 16.7 Å². The van der Waals surface area contributed by atoms with Crippen LogP contribution in [0, 0.1) is 10.1 Å². The van der Waals surface area contributed by atoms with Gasteiger partial charge in [-0.2, -0.15) is 18.3 Å². The molecule has 0 radical (unpaired) electrons. The van der Waals surface area contributed by atoms with Gasteiger partial charge in [-0.05, 0) is 23.6 Å². The van der Waals surface area contributed by atoms with Gasteiger partial charge in [0.1, 0.15) is 5.69 Å². The Labute approximate surface area is 120 Å². The molecule has 0 saturated carbocycles. The lowest BCUT2D eigenvalue weighted by atomic mass is 10.1. The van der Waals surface area contributed by atoms with Crippen LogP contribution in [0.15, 0.2) is 40.8 Å². The molecule has 1 aromatic carbocycles. The third-order valence-electron chi connectivity index (χ3n) is 2.44. The van der Waals surface area contributed by atoms with E-state index >= 15 is 0 Å². The first-order chi connectivity index (χ1) is 9.88. The lowest BCUT2D eigenvalue weighted by Gasteiger charge is -2.08. The van der Waals surface area contributed by atoms with E-state index in [4.69, 9.17) is 0 Å². The van der Waals surface area contributed by atoms with Gasteiger partial charge in [0.25, 0.3) is 5.69 Å². The molecule has 21 heavy (non-hydrogen) atoms. The first-order valence-electron chi connectivity index (χ1n) is 5.56. The lowest BCUT2D eigenvalue weighted by Crippen LogP contribution is -2.06. The number of nitrogens with one attached hydrogen (secondary N) is 1. The van der Waals surface area contributed by atoms with Crippen LogP contribution in [0.1, 0.15) is 10.4 Å². The second-order valence-corrected chi connectivity index (χ2v) is 4.85. The van der Waals surface area contributed by atoms with E-state index in [1.54, 1.807) is 12.1 Å².